The molecular weight excluding hydrogens is 351 g/mol. The highest BCUT2D eigenvalue weighted by Crippen LogP contribution is 2.66. The third-order valence-electron chi connectivity index (χ3n) is 4.03. The number of hydrogen-bond donors (Lipinski definition) is 0. The molecule has 1 atom stereocenters. The van der Waals surface area contributed by atoms with E-state index in [1.54, 1.807) is 13.8 Å². The summed E-state index contributed by atoms with van der Waals surface area (Å²) in [6.45, 7) is 3.24. The molecule has 0 saturated heterocycles. The van der Waals surface area contributed by atoms with Crippen LogP contribution in [0.25, 0.3) is 0 Å². The lowest BCUT2D eigenvalue weighted by molar-refractivity contribution is -0.140. The Hall–Kier alpha value is -1.50. The summed E-state index contributed by atoms with van der Waals surface area (Å²) >= 11 is 0. The van der Waals surface area contributed by atoms with Gasteiger partial charge in [-0.15, -0.1) is 0 Å². The van der Waals surface area contributed by atoms with Crippen molar-refractivity contribution in [2.45, 2.75) is 44.7 Å². The van der Waals surface area contributed by atoms with Crippen LogP contribution in [0, 0.1) is 0 Å². The fourth-order valence-corrected chi connectivity index (χ4v) is 5.46. The number of Topliss-reactive ketones (excluding diaryl/α,β-unsaturated/α-hetero) is 1. The Labute approximate surface area is 147 Å². The summed E-state index contributed by atoms with van der Waals surface area (Å²) in [6, 6.07) is 0. The Morgan fingerprint density at radius 3 is 2.16 bits per heavy atom. The van der Waals surface area contributed by atoms with Gasteiger partial charge in [0.25, 0.3) is 0 Å². The van der Waals surface area contributed by atoms with E-state index in [2.05, 4.69) is 4.74 Å². The lowest BCUT2D eigenvalue weighted by Gasteiger charge is -2.40. The third-order valence-corrected chi connectivity index (χ3v) is 6.88. The predicted molar refractivity (Wildman–Crippen MR) is 89.2 cm³/mol. The second-order valence-corrected chi connectivity index (χ2v) is 7.67. The molecular formula is C16H25O8P. The van der Waals surface area contributed by atoms with E-state index < -0.39 is 30.5 Å². The highest BCUT2D eigenvalue weighted by molar-refractivity contribution is 7.57. The normalized spacial score (nSPS) is 21.8. The van der Waals surface area contributed by atoms with E-state index in [0.29, 0.717) is 12.8 Å². The zero-order valence-corrected chi connectivity index (χ0v) is 15.9. The monoisotopic (exact) mass is 376 g/mol. The van der Waals surface area contributed by atoms with E-state index in [1.807, 2.05) is 0 Å². The van der Waals surface area contributed by atoms with Crippen LogP contribution in [0.3, 0.4) is 0 Å². The molecule has 0 aromatic heterocycles. The Bertz CT molecular complexity index is 587. The van der Waals surface area contributed by atoms with Gasteiger partial charge in [0.2, 0.25) is 0 Å². The number of rotatable bonds is 8. The third kappa shape index (κ3) is 4.19. The standard InChI is InChI=1S/C16H25O8P/c1-5-23-25(20,24-6-2)16(10-8-7-9-13(16)17)12(15(19)22-4)11-14(18)21-3/h11H,5-10H2,1-4H3/b12-11+. The molecule has 1 fully saturated rings. The van der Waals surface area contributed by atoms with Gasteiger partial charge < -0.3 is 18.5 Å². The molecule has 1 unspecified atom stereocenters. The van der Waals surface area contributed by atoms with Crippen LogP contribution >= 0.6 is 7.60 Å². The molecule has 142 valence electrons. The fourth-order valence-electron chi connectivity index (χ4n) is 2.97. The molecule has 1 aliphatic carbocycles. The Balaban J connectivity index is 3.71. The smallest absolute Gasteiger partial charge is 0.348 e. The maximum Gasteiger partial charge on any atom is 0.348 e. The molecule has 0 aliphatic heterocycles. The van der Waals surface area contributed by atoms with Crippen LogP contribution in [-0.4, -0.2) is 50.3 Å². The number of carbonyl (C=O) groups excluding carboxylic acids is 3. The zero-order valence-electron chi connectivity index (χ0n) is 15.0. The molecule has 0 heterocycles. The molecule has 0 bridgehead atoms. The van der Waals surface area contributed by atoms with E-state index in [1.165, 1.54) is 0 Å². The SMILES string of the molecule is CCOP(=O)(OCC)C1(/C(=C/C(=O)OC)C(=O)OC)CCCCC1=O. The van der Waals surface area contributed by atoms with Crippen molar-refractivity contribution in [3.63, 3.8) is 0 Å². The van der Waals surface area contributed by atoms with Gasteiger partial charge in [0.15, 0.2) is 10.9 Å². The molecule has 0 aromatic rings. The van der Waals surface area contributed by atoms with Gasteiger partial charge in [-0.1, -0.05) is 6.42 Å². The lowest BCUT2D eigenvalue weighted by Crippen LogP contribution is -2.47. The maximum atomic E-state index is 13.6. The van der Waals surface area contributed by atoms with E-state index in [0.717, 1.165) is 20.3 Å². The van der Waals surface area contributed by atoms with Crippen LogP contribution in [0.2, 0.25) is 0 Å². The number of hydrogen-bond acceptors (Lipinski definition) is 8. The topological polar surface area (TPSA) is 105 Å². The van der Waals surface area contributed by atoms with Crippen molar-refractivity contribution in [2.75, 3.05) is 27.4 Å². The van der Waals surface area contributed by atoms with Crippen molar-refractivity contribution in [3.8, 4) is 0 Å². The summed E-state index contributed by atoms with van der Waals surface area (Å²) in [4.78, 5) is 37.1. The summed E-state index contributed by atoms with van der Waals surface area (Å²) in [5.41, 5.74) is -0.350. The highest BCUT2D eigenvalue weighted by atomic mass is 31.2. The number of carbonyl (C=O) groups is 3. The first-order valence-corrected chi connectivity index (χ1v) is 9.68. The van der Waals surface area contributed by atoms with Crippen LogP contribution in [0.5, 0.6) is 0 Å². The summed E-state index contributed by atoms with van der Waals surface area (Å²) in [5, 5.41) is -1.88. The van der Waals surface area contributed by atoms with Crippen LogP contribution in [-0.2, 0) is 37.5 Å². The first kappa shape index (κ1) is 21.5. The average Bonchev–Trinajstić information content (AvgIpc) is 2.59. The molecule has 0 spiro atoms. The second-order valence-electron chi connectivity index (χ2n) is 5.40. The maximum absolute atomic E-state index is 13.6. The molecule has 0 aromatic carbocycles. The fraction of sp³-hybridized carbons (Fsp3) is 0.688. The molecule has 1 aliphatic rings. The summed E-state index contributed by atoms with van der Waals surface area (Å²) in [6.07, 6.45) is 2.11. The van der Waals surface area contributed by atoms with Crippen LogP contribution in [0.15, 0.2) is 11.6 Å². The Kier molecular flexibility index (Phi) is 7.99. The molecule has 8 nitrogen and oxygen atoms in total. The van der Waals surface area contributed by atoms with E-state index in [9.17, 15) is 18.9 Å². The first-order chi connectivity index (χ1) is 11.8. The predicted octanol–water partition coefficient (Wildman–Crippen LogP) is 2.41. The summed E-state index contributed by atoms with van der Waals surface area (Å²) in [7, 11) is -1.85. The van der Waals surface area contributed by atoms with Crippen molar-refractivity contribution in [1.82, 2.24) is 0 Å². The lowest BCUT2D eigenvalue weighted by atomic mass is 9.81. The quantitative estimate of drug-likeness (QED) is 0.361. The van der Waals surface area contributed by atoms with Crippen molar-refractivity contribution < 1.29 is 37.5 Å². The van der Waals surface area contributed by atoms with Crippen molar-refractivity contribution in [1.29, 1.82) is 0 Å². The molecule has 1 saturated carbocycles. The van der Waals surface area contributed by atoms with E-state index in [4.69, 9.17) is 13.8 Å². The van der Waals surface area contributed by atoms with Gasteiger partial charge in [-0.05, 0) is 26.7 Å². The van der Waals surface area contributed by atoms with E-state index >= 15 is 0 Å². The highest BCUT2D eigenvalue weighted by Gasteiger charge is 2.61. The minimum absolute atomic E-state index is 0.0129. The van der Waals surface area contributed by atoms with Crippen LogP contribution in [0.1, 0.15) is 39.5 Å². The van der Waals surface area contributed by atoms with Crippen molar-refractivity contribution in [3.05, 3.63) is 11.6 Å². The average molecular weight is 376 g/mol. The van der Waals surface area contributed by atoms with Gasteiger partial charge in [-0.3, -0.25) is 9.36 Å². The van der Waals surface area contributed by atoms with Gasteiger partial charge in [0, 0.05) is 12.5 Å². The molecule has 1 rings (SSSR count). The van der Waals surface area contributed by atoms with Crippen molar-refractivity contribution in [2.24, 2.45) is 0 Å². The molecule has 25 heavy (non-hydrogen) atoms. The largest absolute Gasteiger partial charge is 0.466 e. The molecule has 0 N–H and O–H groups in total. The van der Waals surface area contributed by atoms with Crippen LogP contribution in [0.4, 0.5) is 0 Å². The van der Waals surface area contributed by atoms with Gasteiger partial charge >= 0.3 is 19.5 Å². The molecule has 9 heteroatoms. The molecule has 0 radical (unpaired) electrons. The van der Waals surface area contributed by atoms with E-state index in [-0.39, 0.29) is 31.6 Å². The number of ether oxygens (including phenoxy) is 2. The number of ketones is 1. The summed E-state index contributed by atoms with van der Waals surface area (Å²) < 4.78 is 33.6. The number of methoxy groups -OCH3 is 2. The van der Waals surface area contributed by atoms with Crippen molar-refractivity contribution >= 4 is 25.3 Å². The van der Waals surface area contributed by atoms with Gasteiger partial charge in [0.1, 0.15) is 0 Å². The Morgan fingerprint density at radius 1 is 1.12 bits per heavy atom. The first-order valence-electron chi connectivity index (χ1n) is 8.13. The molecule has 0 amide bonds. The minimum Gasteiger partial charge on any atom is -0.466 e. The zero-order chi connectivity index (χ0) is 19.1. The summed E-state index contributed by atoms with van der Waals surface area (Å²) in [5.74, 6) is -2.28. The second kappa shape index (κ2) is 9.27. The Morgan fingerprint density at radius 2 is 1.72 bits per heavy atom. The van der Waals surface area contributed by atoms with Gasteiger partial charge in [-0.2, -0.15) is 0 Å². The van der Waals surface area contributed by atoms with Gasteiger partial charge in [0.05, 0.1) is 33.0 Å². The minimum atomic E-state index is -4.10. The van der Waals surface area contributed by atoms with Gasteiger partial charge in [-0.25, -0.2) is 9.59 Å². The number of esters is 2. The van der Waals surface area contributed by atoms with Crippen LogP contribution < -0.4 is 0 Å².